The van der Waals surface area contributed by atoms with E-state index in [4.69, 9.17) is 16.3 Å². The molecular formula is C22H17ClFN3O3. The molecule has 3 aromatic carbocycles. The summed E-state index contributed by atoms with van der Waals surface area (Å²) in [7, 11) is 0. The van der Waals surface area contributed by atoms with Crippen LogP contribution in [-0.2, 0) is 16.2 Å². The summed E-state index contributed by atoms with van der Waals surface area (Å²) in [5.41, 5.74) is 4.01. The number of nitrogens with one attached hydrogen (secondary N) is 2. The quantitative estimate of drug-likeness (QED) is 0.354. The van der Waals surface area contributed by atoms with Crippen molar-refractivity contribution in [3.63, 3.8) is 0 Å². The first-order valence-corrected chi connectivity index (χ1v) is 9.25. The van der Waals surface area contributed by atoms with Gasteiger partial charge in [0.25, 0.3) is 0 Å². The molecule has 0 heterocycles. The van der Waals surface area contributed by atoms with Crippen LogP contribution in [0.1, 0.15) is 11.1 Å². The van der Waals surface area contributed by atoms with Crippen LogP contribution in [-0.4, -0.2) is 18.0 Å². The van der Waals surface area contributed by atoms with Crippen molar-refractivity contribution in [3.05, 3.63) is 94.8 Å². The van der Waals surface area contributed by atoms with Crippen LogP contribution in [0.25, 0.3) is 0 Å². The summed E-state index contributed by atoms with van der Waals surface area (Å²) in [4.78, 5) is 23.6. The van der Waals surface area contributed by atoms with Crippen LogP contribution in [0, 0.1) is 5.82 Å². The molecule has 152 valence electrons. The SMILES string of the molecule is O=C(N/N=C/c1ccc(OCc2cccc(F)c2)cc1)C(=O)Nc1ccc(Cl)cc1. The Morgan fingerprint density at radius 2 is 1.73 bits per heavy atom. The van der Waals surface area contributed by atoms with E-state index in [1.807, 2.05) is 0 Å². The molecule has 3 rings (SSSR count). The molecular weight excluding hydrogens is 409 g/mol. The van der Waals surface area contributed by atoms with E-state index in [-0.39, 0.29) is 12.4 Å². The number of carbonyl (C=O) groups is 2. The topological polar surface area (TPSA) is 79.8 Å². The minimum Gasteiger partial charge on any atom is -0.489 e. The van der Waals surface area contributed by atoms with E-state index in [2.05, 4.69) is 15.8 Å². The number of hydrogen-bond donors (Lipinski definition) is 2. The van der Waals surface area contributed by atoms with Gasteiger partial charge >= 0.3 is 11.8 Å². The number of benzene rings is 3. The molecule has 8 heteroatoms. The average Bonchev–Trinajstić information content (AvgIpc) is 2.75. The standard InChI is InChI=1S/C22H17ClFN3O3/c23-17-6-8-19(9-7-17)26-21(28)22(29)27-25-13-15-4-10-20(11-5-15)30-14-16-2-1-3-18(24)12-16/h1-13H,14H2,(H,26,28)(H,27,29)/b25-13+. The highest BCUT2D eigenvalue weighted by atomic mass is 35.5. The van der Waals surface area contributed by atoms with E-state index in [1.165, 1.54) is 18.3 Å². The van der Waals surface area contributed by atoms with Crippen molar-refractivity contribution in [2.45, 2.75) is 6.61 Å². The first kappa shape index (κ1) is 21.0. The van der Waals surface area contributed by atoms with Crippen molar-refractivity contribution in [1.29, 1.82) is 0 Å². The summed E-state index contributed by atoms with van der Waals surface area (Å²) in [6.07, 6.45) is 1.39. The van der Waals surface area contributed by atoms with Crippen molar-refractivity contribution in [2.24, 2.45) is 5.10 Å². The van der Waals surface area contributed by atoms with E-state index >= 15 is 0 Å². The second kappa shape index (κ2) is 10.2. The van der Waals surface area contributed by atoms with Gasteiger partial charge in [0.05, 0.1) is 6.21 Å². The number of halogens is 2. The van der Waals surface area contributed by atoms with Gasteiger partial charge in [-0.1, -0.05) is 23.7 Å². The number of nitrogens with zero attached hydrogens (tertiary/aromatic N) is 1. The van der Waals surface area contributed by atoms with Crippen molar-refractivity contribution >= 4 is 35.3 Å². The fourth-order valence-electron chi connectivity index (χ4n) is 2.38. The molecule has 0 saturated heterocycles. The smallest absolute Gasteiger partial charge is 0.329 e. The van der Waals surface area contributed by atoms with Crippen molar-refractivity contribution in [3.8, 4) is 5.75 Å². The monoisotopic (exact) mass is 425 g/mol. The highest BCUT2D eigenvalue weighted by molar-refractivity contribution is 6.39. The predicted octanol–water partition coefficient (Wildman–Crippen LogP) is 4.15. The summed E-state index contributed by atoms with van der Waals surface area (Å²) < 4.78 is 18.8. The van der Waals surface area contributed by atoms with Crippen molar-refractivity contribution in [2.75, 3.05) is 5.32 Å². The zero-order chi connectivity index (χ0) is 21.3. The molecule has 0 saturated carbocycles. The van der Waals surface area contributed by atoms with Gasteiger partial charge in [0, 0.05) is 10.7 Å². The molecule has 3 aromatic rings. The molecule has 0 radical (unpaired) electrons. The average molecular weight is 426 g/mol. The number of carbonyl (C=O) groups excluding carboxylic acids is 2. The first-order valence-electron chi connectivity index (χ1n) is 8.87. The Balaban J connectivity index is 1.46. The lowest BCUT2D eigenvalue weighted by atomic mass is 10.2. The van der Waals surface area contributed by atoms with E-state index in [9.17, 15) is 14.0 Å². The van der Waals surface area contributed by atoms with Gasteiger partial charge in [-0.2, -0.15) is 5.10 Å². The third kappa shape index (κ3) is 6.42. The zero-order valence-electron chi connectivity index (χ0n) is 15.6. The lowest BCUT2D eigenvalue weighted by molar-refractivity contribution is -0.136. The molecule has 0 aliphatic carbocycles. The van der Waals surface area contributed by atoms with Crippen LogP contribution in [0.3, 0.4) is 0 Å². The second-order valence-corrected chi connectivity index (χ2v) is 6.58. The molecule has 0 aromatic heterocycles. The van der Waals surface area contributed by atoms with Gasteiger partial charge < -0.3 is 10.1 Å². The number of amides is 2. The fourth-order valence-corrected chi connectivity index (χ4v) is 2.51. The van der Waals surface area contributed by atoms with Gasteiger partial charge in [-0.25, -0.2) is 9.82 Å². The minimum atomic E-state index is -0.906. The largest absolute Gasteiger partial charge is 0.489 e. The maximum atomic E-state index is 13.2. The normalized spacial score (nSPS) is 10.6. The van der Waals surface area contributed by atoms with Crippen LogP contribution >= 0.6 is 11.6 Å². The summed E-state index contributed by atoms with van der Waals surface area (Å²) in [6.45, 7) is 0.240. The molecule has 2 amide bonds. The fraction of sp³-hybridized carbons (Fsp3) is 0.0455. The Labute approximate surface area is 177 Å². The van der Waals surface area contributed by atoms with Crippen LogP contribution in [0.4, 0.5) is 10.1 Å². The van der Waals surface area contributed by atoms with Gasteiger partial charge in [-0.05, 0) is 71.8 Å². The van der Waals surface area contributed by atoms with E-state index < -0.39 is 11.8 Å². The van der Waals surface area contributed by atoms with Gasteiger partial charge in [-0.3, -0.25) is 9.59 Å². The summed E-state index contributed by atoms with van der Waals surface area (Å²) in [5, 5.41) is 6.72. The molecule has 0 atom stereocenters. The van der Waals surface area contributed by atoms with Crippen LogP contribution in [0.15, 0.2) is 77.9 Å². The summed E-state index contributed by atoms with van der Waals surface area (Å²) in [5.74, 6) is -1.47. The Morgan fingerprint density at radius 1 is 1.00 bits per heavy atom. The number of ether oxygens (including phenoxy) is 1. The molecule has 6 nitrogen and oxygen atoms in total. The summed E-state index contributed by atoms with van der Waals surface area (Å²) in [6, 6.07) is 19.4. The molecule has 0 spiro atoms. The van der Waals surface area contributed by atoms with Crippen molar-refractivity contribution < 1.29 is 18.7 Å². The minimum absolute atomic E-state index is 0.240. The second-order valence-electron chi connectivity index (χ2n) is 6.15. The predicted molar refractivity (Wildman–Crippen MR) is 113 cm³/mol. The Morgan fingerprint density at radius 3 is 2.43 bits per heavy atom. The van der Waals surface area contributed by atoms with Gasteiger partial charge in [0.2, 0.25) is 0 Å². The maximum Gasteiger partial charge on any atom is 0.329 e. The van der Waals surface area contributed by atoms with E-state index in [0.29, 0.717) is 22.0 Å². The number of hydrazone groups is 1. The highest BCUT2D eigenvalue weighted by Crippen LogP contribution is 2.14. The maximum absolute atomic E-state index is 13.2. The summed E-state index contributed by atoms with van der Waals surface area (Å²) >= 11 is 5.77. The molecule has 0 bridgehead atoms. The number of anilines is 1. The molecule has 2 N–H and O–H groups in total. The van der Waals surface area contributed by atoms with Crippen molar-refractivity contribution in [1.82, 2.24) is 5.43 Å². The highest BCUT2D eigenvalue weighted by Gasteiger charge is 2.12. The van der Waals surface area contributed by atoms with Gasteiger partial charge in [0.1, 0.15) is 18.2 Å². The van der Waals surface area contributed by atoms with Crippen LogP contribution < -0.4 is 15.5 Å². The van der Waals surface area contributed by atoms with Crippen LogP contribution in [0.2, 0.25) is 5.02 Å². The Hall–Kier alpha value is -3.71. The zero-order valence-corrected chi connectivity index (χ0v) is 16.4. The van der Waals surface area contributed by atoms with Gasteiger partial charge in [-0.15, -0.1) is 0 Å². The molecule has 0 aliphatic rings. The Bertz CT molecular complexity index is 1050. The first-order chi connectivity index (χ1) is 14.5. The van der Waals surface area contributed by atoms with Crippen LogP contribution in [0.5, 0.6) is 5.75 Å². The Kier molecular flexibility index (Phi) is 7.13. The molecule has 30 heavy (non-hydrogen) atoms. The molecule has 0 fully saturated rings. The lowest BCUT2D eigenvalue weighted by Gasteiger charge is -2.06. The number of hydrogen-bond acceptors (Lipinski definition) is 4. The number of rotatable bonds is 6. The van der Waals surface area contributed by atoms with E-state index in [1.54, 1.807) is 60.7 Å². The third-order valence-corrected chi connectivity index (χ3v) is 4.11. The van der Waals surface area contributed by atoms with E-state index in [0.717, 1.165) is 5.56 Å². The van der Waals surface area contributed by atoms with Gasteiger partial charge in [0.15, 0.2) is 0 Å². The lowest BCUT2D eigenvalue weighted by Crippen LogP contribution is -2.32. The molecule has 0 unspecified atom stereocenters. The third-order valence-electron chi connectivity index (χ3n) is 3.86. The molecule has 0 aliphatic heterocycles.